The molecular weight excluding hydrogens is 506 g/mol. The molecule has 0 bridgehead atoms. The number of aromatic nitrogens is 2. The van der Waals surface area contributed by atoms with Crippen molar-refractivity contribution in [3.8, 4) is 22.5 Å². The van der Waals surface area contributed by atoms with Gasteiger partial charge in [0.25, 0.3) is 0 Å². The van der Waals surface area contributed by atoms with E-state index in [0.717, 1.165) is 22.0 Å². The monoisotopic (exact) mass is 529 g/mol. The smallest absolute Gasteiger partial charge is 0.419 e. The van der Waals surface area contributed by atoms with Crippen molar-refractivity contribution in [1.82, 2.24) is 10.1 Å². The van der Waals surface area contributed by atoms with Gasteiger partial charge in [-0.05, 0) is 60.9 Å². The topological polar surface area (TPSA) is 109 Å². The second-order valence-corrected chi connectivity index (χ2v) is 9.06. The summed E-state index contributed by atoms with van der Waals surface area (Å²) in [6.07, 6.45) is 1.05. The van der Waals surface area contributed by atoms with Crippen molar-refractivity contribution in [2.24, 2.45) is 0 Å². The number of carboxylic acids is 1. The molecule has 0 aliphatic carbocycles. The number of rotatable bonds is 7. The van der Waals surface area contributed by atoms with Gasteiger partial charge in [-0.3, -0.25) is 4.79 Å². The third-order valence-electron chi connectivity index (χ3n) is 6.17. The molecule has 8 nitrogen and oxygen atoms in total. The van der Waals surface area contributed by atoms with E-state index in [0.29, 0.717) is 39.0 Å². The van der Waals surface area contributed by atoms with Crippen LogP contribution in [0.1, 0.15) is 18.2 Å². The van der Waals surface area contributed by atoms with E-state index in [-0.39, 0.29) is 13.0 Å². The van der Waals surface area contributed by atoms with Gasteiger partial charge in [-0.15, -0.1) is 0 Å². The predicted molar refractivity (Wildman–Crippen MR) is 146 cm³/mol. The summed E-state index contributed by atoms with van der Waals surface area (Å²) in [5.74, 6) is -0.511. The molecule has 5 aromatic rings. The van der Waals surface area contributed by atoms with Crippen LogP contribution < -0.4 is 4.90 Å². The number of aliphatic carboxylic acids is 1. The van der Waals surface area contributed by atoms with Gasteiger partial charge in [0.2, 0.25) is 0 Å². The Morgan fingerprint density at radius 3 is 2.58 bits per heavy atom. The van der Waals surface area contributed by atoms with Crippen LogP contribution in [0, 0.1) is 6.92 Å². The first-order valence-corrected chi connectivity index (χ1v) is 12.4. The molecule has 0 aliphatic heterocycles. The molecule has 2 N–H and O–H groups in total. The maximum absolute atomic E-state index is 13.2. The summed E-state index contributed by atoms with van der Waals surface area (Å²) in [5.41, 5.74) is 5.41. The standard InChI is InChI=1S/C29H24ClN3O5/c1-3-37-29(36)33(25-10-5-4-9-23(25)30)27-17(2)32-38-28(27)20-8-6-7-18(13-20)19-11-12-24-22(14-19)21(16-31-24)15-26(34)35/h4-14,16,31H,3,15H2,1-2H3,(H,34,35). The van der Waals surface area contributed by atoms with Crippen LogP contribution >= 0.6 is 11.6 Å². The lowest BCUT2D eigenvalue weighted by Crippen LogP contribution is -2.27. The summed E-state index contributed by atoms with van der Waals surface area (Å²) in [4.78, 5) is 29.0. The number of amides is 1. The Labute approximate surface area is 223 Å². The number of nitrogens with zero attached hydrogens (tertiary/aromatic N) is 2. The summed E-state index contributed by atoms with van der Waals surface area (Å²) in [5, 5.41) is 14.6. The molecule has 38 heavy (non-hydrogen) atoms. The zero-order valence-corrected chi connectivity index (χ0v) is 21.5. The quantitative estimate of drug-likeness (QED) is 0.228. The maximum atomic E-state index is 13.2. The highest BCUT2D eigenvalue weighted by atomic mass is 35.5. The zero-order chi connectivity index (χ0) is 26.8. The summed E-state index contributed by atoms with van der Waals surface area (Å²) >= 11 is 6.48. The first-order valence-electron chi connectivity index (χ1n) is 12.0. The number of hydrogen-bond acceptors (Lipinski definition) is 5. The second-order valence-electron chi connectivity index (χ2n) is 8.66. The van der Waals surface area contributed by atoms with Crippen molar-refractivity contribution < 1.29 is 24.0 Å². The summed E-state index contributed by atoms with van der Waals surface area (Å²) in [7, 11) is 0. The molecular formula is C29H24ClN3O5. The Morgan fingerprint density at radius 1 is 1.05 bits per heavy atom. The first kappa shape index (κ1) is 25.1. The van der Waals surface area contributed by atoms with E-state index in [1.54, 1.807) is 44.3 Å². The minimum atomic E-state index is -0.892. The van der Waals surface area contributed by atoms with Crippen molar-refractivity contribution in [3.63, 3.8) is 0 Å². The number of aryl methyl sites for hydroxylation is 1. The third kappa shape index (κ3) is 4.73. The van der Waals surface area contributed by atoms with Gasteiger partial charge in [0.15, 0.2) is 5.76 Å². The SMILES string of the molecule is CCOC(=O)N(c1ccccc1Cl)c1c(C)noc1-c1cccc(-c2ccc3[nH]cc(CC(=O)O)c3c2)c1. The van der Waals surface area contributed by atoms with E-state index >= 15 is 0 Å². The van der Waals surface area contributed by atoms with E-state index in [1.165, 1.54) is 4.90 Å². The average Bonchev–Trinajstić information content (AvgIpc) is 3.48. The molecule has 2 aromatic heterocycles. The number of carbonyl (C=O) groups excluding carboxylic acids is 1. The van der Waals surface area contributed by atoms with Crippen LogP contribution in [0.2, 0.25) is 5.02 Å². The van der Waals surface area contributed by atoms with Crippen LogP contribution in [0.5, 0.6) is 0 Å². The Morgan fingerprint density at radius 2 is 1.82 bits per heavy atom. The number of carbonyl (C=O) groups is 2. The van der Waals surface area contributed by atoms with E-state index in [1.807, 2.05) is 42.5 Å². The number of H-pyrrole nitrogens is 1. The minimum Gasteiger partial charge on any atom is -0.481 e. The van der Waals surface area contributed by atoms with Crippen LogP contribution in [0.25, 0.3) is 33.4 Å². The highest BCUT2D eigenvalue weighted by molar-refractivity contribution is 6.34. The van der Waals surface area contributed by atoms with Gasteiger partial charge in [0, 0.05) is 22.7 Å². The molecule has 5 rings (SSSR count). The maximum Gasteiger partial charge on any atom is 0.419 e. The molecule has 0 atom stereocenters. The largest absolute Gasteiger partial charge is 0.481 e. The third-order valence-corrected chi connectivity index (χ3v) is 6.49. The lowest BCUT2D eigenvalue weighted by atomic mass is 9.99. The molecule has 9 heteroatoms. The molecule has 0 aliphatic rings. The second kappa shape index (κ2) is 10.4. The van der Waals surface area contributed by atoms with Gasteiger partial charge in [-0.25, -0.2) is 9.69 Å². The van der Waals surface area contributed by atoms with Gasteiger partial charge >= 0.3 is 12.1 Å². The fourth-order valence-electron chi connectivity index (χ4n) is 4.46. The lowest BCUT2D eigenvalue weighted by Gasteiger charge is -2.23. The predicted octanol–water partition coefficient (Wildman–Crippen LogP) is 7.37. The van der Waals surface area contributed by atoms with Crippen molar-refractivity contribution >= 4 is 45.9 Å². The lowest BCUT2D eigenvalue weighted by molar-refractivity contribution is -0.136. The normalized spacial score (nSPS) is 11.0. The Hall–Kier alpha value is -4.56. The molecule has 1 amide bonds. The van der Waals surface area contributed by atoms with Gasteiger partial charge < -0.3 is 19.4 Å². The van der Waals surface area contributed by atoms with Crippen molar-refractivity contribution in [2.75, 3.05) is 11.5 Å². The number of para-hydroxylation sites is 1. The summed E-state index contributed by atoms with van der Waals surface area (Å²) in [6.45, 7) is 3.66. The van der Waals surface area contributed by atoms with Crippen LogP contribution in [0.15, 0.2) is 77.4 Å². The van der Waals surface area contributed by atoms with E-state index in [2.05, 4.69) is 10.1 Å². The first-order chi connectivity index (χ1) is 18.4. The van der Waals surface area contributed by atoms with Crippen LogP contribution in [0.4, 0.5) is 16.2 Å². The molecule has 0 radical (unpaired) electrons. The van der Waals surface area contributed by atoms with E-state index in [9.17, 15) is 14.7 Å². The number of hydrogen-bond donors (Lipinski definition) is 2. The highest BCUT2D eigenvalue weighted by Crippen LogP contribution is 2.41. The molecule has 0 saturated carbocycles. The van der Waals surface area contributed by atoms with Crippen LogP contribution in [-0.2, 0) is 16.0 Å². The number of aromatic amines is 1. The van der Waals surface area contributed by atoms with Crippen LogP contribution in [0.3, 0.4) is 0 Å². The number of carboxylic acid groups (broad SMARTS) is 1. The number of fused-ring (bicyclic) bond motifs is 1. The number of ether oxygens (including phenoxy) is 1. The van der Waals surface area contributed by atoms with Gasteiger partial charge in [0.1, 0.15) is 11.4 Å². The molecule has 3 aromatic carbocycles. The Balaban J connectivity index is 1.61. The van der Waals surface area contributed by atoms with Crippen molar-refractivity contribution in [1.29, 1.82) is 0 Å². The van der Waals surface area contributed by atoms with Gasteiger partial charge in [-0.1, -0.05) is 53.2 Å². The Kier molecular flexibility index (Phi) is 6.89. The van der Waals surface area contributed by atoms with E-state index in [4.69, 9.17) is 20.9 Å². The zero-order valence-electron chi connectivity index (χ0n) is 20.7. The molecule has 0 saturated heterocycles. The average molecular weight is 530 g/mol. The molecule has 192 valence electrons. The minimum absolute atomic E-state index is 0.0735. The number of benzene rings is 3. The Bertz CT molecular complexity index is 1660. The van der Waals surface area contributed by atoms with Crippen LogP contribution in [-0.4, -0.2) is 33.9 Å². The fraction of sp³-hybridized carbons (Fsp3) is 0.138. The fourth-order valence-corrected chi connectivity index (χ4v) is 4.68. The summed E-state index contributed by atoms with van der Waals surface area (Å²) in [6, 6.07) is 20.5. The number of anilines is 2. The highest BCUT2D eigenvalue weighted by Gasteiger charge is 2.30. The van der Waals surface area contributed by atoms with Gasteiger partial charge in [-0.2, -0.15) is 0 Å². The molecule has 0 spiro atoms. The molecule has 0 fully saturated rings. The molecule has 2 heterocycles. The van der Waals surface area contributed by atoms with Crippen molar-refractivity contribution in [3.05, 3.63) is 89.2 Å². The van der Waals surface area contributed by atoms with Gasteiger partial charge in [0.05, 0.1) is 23.7 Å². The number of halogens is 1. The molecule has 0 unspecified atom stereocenters. The van der Waals surface area contributed by atoms with Crippen molar-refractivity contribution in [2.45, 2.75) is 20.3 Å². The number of nitrogens with one attached hydrogen (secondary N) is 1. The van der Waals surface area contributed by atoms with E-state index < -0.39 is 12.1 Å². The summed E-state index contributed by atoms with van der Waals surface area (Å²) < 4.78 is 11.1.